The zero-order valence-electron chi connectivity index (χ0n) is 8.64. The molecule has 0 aliphatic heterocycles. The normalized spacial score (nSPS) is 15.5. The van der Waals surface area contributed by atoms with E-state index in [1.54, 1.807) is 0 Å². The fourth-order valence-electron chi connectivity index (χ4n) is 1.58. The fourth-order valence-corrected chi connectivity index (χ4v) is 2.28. The van der Waals surface area contributed by atoms with Crippen LogP contribution < -0.4 is 5.32 Å². The van der Waals surface area contributed by atoms with Crippen LogP contribution in [0.25, 0.3) is 0 Å². The van der Waals surface area contributed by atoms with Crippen molar-refractivity contribution in [2.75, 3.05) is 6.54 Å². The predicted octanol–water partition coefficient (Wildman–Crippen LogP) is 2.19. The summed E-state index contributed by atoms with van der Waals surface area (Å²) in [4.78, 5) is 21.6. The van der Waals surface area contributed by atoms with E-state index in [9.17, 15) is 14.9 Å². The van der Waals surface area contributed by atoms with Gasteiger partial charge < -0.3 is 5.32 Å². The molecule has 0 radical (unpaired) electrons. The lowest BCUT2D eigenvalue weighted by Crippen LogP contribution is -2.31. The number of carbonyl (C=O) groups excluding carboxylic acids is 1. The maximum absolute atomic E-state index is 11.6. The monoisotopic (exact) mass is 240 g/mol. The molecule has 1 saturated carbocycles. The minimum absolute atomic E-state index is 0.00814. The Hall–Kier alpha value is -1.43. The van der Waals surface area contributed by atoms with E-state index in [-0.39, 0.29) is 10.9 Å². The summed E-state index contributed by atoms with van der Waals surface area (Å²) in [6.45, 7) is 0.683. The fraction of sp³-hybridized carbons (Fsp3) is 0.500. The molecular weight excluding hydrogens is 228 g/mol. The summed E-state index contributed by atoms with van der Waals surface area (Å²) in [6, 6.07) is 1.32. The molecular formula is C10H12N2O3S. The molecule has 86 valence electrons. The van der Waals surface area contributed by atoms with Gasteiger partial charge in [-0.3, -0.25) is 14.9 Å². The predicted molar refractivity (Wildman–Crippen MR) is 60.6 cm³/mol. The second-order valence-electron chi connectivity index (χ2n) is 3.94. The maximum atomic E-state index is 11.6. The van der Waals surface area contributed by atoms with Crippen molar-refractivity contribution in [2.24, 2.45) is 5.92 Å². The van der Waals surface area contributed by atoms with Crippen molar-refractivity contribution in [1.29, 1.82) is 0 Å². The number of nitro groups is 1. The van der Waals surface area contributed by atoms with Crippen molar-refractivity contribution in [1.82, 2.24) is 5.32 Å². The number of rotatable bonds is 4. The zero-order chi connectivity index (χ0) is 11.5. The molecule has 1 aliphatic rings. The van der Waals surface area contributed by atoms with E-state index in [0.717, 1.165) is 11.3 Å². The molecule has 1 heterocycles. The Kier molecular flexibility index (Phi) is 3.19. The van der Waals surface area contributed by atoms with Gasteiger partial charge in [0.2, 0.25) is 0 Å². The van der Waals surface area contributed by atoms with E-state index in [1.807, 2.05) is 0 Å². The van der Waals surface area contributed by atoms with Gasteiger partial charge in [-0.2, -0.15) is 0 Å². The topological polar surface area (TPSA) is 72.2 Å². The molecule has 0 atom stereocenters. The van der Waals surface area contributed by atoms with Gasteiger partial charge in [-0.15, -0.1) is 0 Å². The molecule has 1 aliphatic carbocycles. The lowest BCUT2D eigenvalue weighted by molar-refractivity contribution is -0.380. The Bertz CT molecular complexity index is 412. The molecule has 0 bridgehead atoms. The average molecular weight is 240 g/mol. The first-order chi connectivity index (χ1) is 7.66. The lowest BCUT2D eigenvalue weighted by atomic mass is 9.85. The highest BCUT2D eigenvalue weighted by molar-refractivity contribution is 7.13. The molecule has 1 aromatic rings. The van der Waals surface area contributed by atoms with Gasteiger partial charge in [0.15, 0.2) is 0 Å². The lowest BCUT2D eigenvalue weighted by Gasteiger charge is -2.25. The van der Waals surface area contributed by atoms with E-state index in [1.165, 1.54) is 30.7 Å². The Labute approximate surface area is 96.6 Å². The summed E-state index contributed by atoms with van der Waals surface area (Å²) < 4.78 is 0. The van der Waals surface area contributed by atoms with Crippen molar-refractivity contribution in [3.05, 3.63) is 27.1 Å². The van der Waals surface area contributed by atoms with Gasteiger partial charge in [0.1, 0.15) is 0 Å². The van der Waals surface area contributed by atoms with E-state index in [2.05, 4.69) is 5.32 Å². The summed E-state index contributed by atoms with van der Waals surface area (Å²) in [5, 5.41) is 14.8. The Morgan fingerprint density at radius 2 is 2.38 bits per heavy atom. The molecule has 1 aromatic heterocycles. The van der Waals surface area contributed by atoms with Crippen molar-refractivity contribution < 1.29 is 9.72 Å². The van der Waals surface area contributed by atoms with Gasteiger partial charge in [0, 0.05) is 18.0 Å². The van der Waals surface area contributed by atoms with Gasteiger partial charge >= 0.3 is 5.00 Å². The molecule has 0 aromatic carbocycles. The minimum Gasteiger partial charge on any atom is -0.352 e. The number of nitrogens with zero attached hydrogens (tertiary/aromatic N) is 1. The molecule has 0 spiro atoms. The Morgan fingerprint density at radius 3 is 2.88 bits per heavy atom. The molecule has 1 fully saturated rings. The van der Waals surface area contributed by atoms with Gasteiger partial charge in [0.25, 0.3) is 5.91 Å². The first-order valence-electron chi connectivity index (χ1n) is 5.18. The smallest absolute Gasteiger partial charge is 0.324 e. The third-order valence-corrected chi connectivity index (χ3v) is 3.68. The van der Waals surface area contributed by atoms with Crippen LogP contribution >= 0.6 is 11.3 Å². The van der Waals surface area contributed by atoms with Crippen LogP contribution in [0.5, 0.6) is 0 Å². The van der Waals surface area contributed by atoms with E-state index < -0.39 is 4.92 Å². The molecule has 1 N–H and O–H groups in total. The van der Waals surface area contributed by atoms with Gasteiger partial charge in [-0.05, 0) is 18.8 Å². The number of carbonyl (C=O) groups is 1. The van der Waals surface area contributed by atoms with E-state index in [4.69, 9.17) is 0 Å². The number of amides is 1. The molecule has 0 saturated heterocycles. The summed E-state index contributed by atoms with van der Waals surface area (Å²) in [5.41, 5.74) is 0.385. The summed E-state index contributed by atoms with van der Waals surface area (Å²) in [5.74, 6) is 0.383. The third kappa shape index (κ3) is 2.38. The number of hydrogen-bond acceptors (Lipinski definition) is 4. The van der Waals surface area contributed by atoms with Crippen LogP contribution in [0.4, 0.5) is 5.00 Å². The first kappa shape index (κ1) is 11.1. The van der Waals surface area contributed by atoms with Crippen LogP contribution in [-0.2, 0) is 0 Å². The van der Waals surface area contributed by atoms with Crippen LogP contribution in [0.15, 0.2) is 11.4 Å². The first-order valence-corrected chi connectivity index (χ1v) is 6.06. The highest BCUT2D eigenvalue weighted by atomic mass is 32.1. The summed E-state index contributed by atoms with van der Waals surface area (Å²) in [7, 11) is 0. The van der Waals surface area contributed by atoms with Crippen molar-refractivity contribution in [2.45, 2.75) is 19.3 Å². The zero-order valence-corrected chi connectivity index (χ0v) is 9.46. The third-order valence-electron chi connectivity index (χ3n) is 2.80. The van der Waals surface area contributed by atoms with Crippen LogP contribution in [0.1, 0.15) is 29.6 Å². The van der Waals surface area contributed by atoms with Gasteiger partial charge in [-0.25, -0.2) is 0 Å². The van der Waals surface area contributed by atoms with Crippen molar-refractivity contribution in [3.8, 4) is 0 Å². The average Bonchev–Trinajstić information content (AvgIpc) is 2.63. The van der Waals surface area contributed by atoms with Crippen LogP contribution in [-0.4, -0.2) is 17.4 Å². The number of hydrogen-bond donors (Lipinski definition) is 1. The molecule has 5 nitrogen and oxygen atoms in total. The number of nitrogens with one attached hydrogen (secondary N) is 1. The van der Waals surface area contributed by atoms with Crippen LogP contribution in [0.3, 0.4) is 0 Å². The van der Waals surface area contributed by atoms with Crippen molar-refractivity contribution >= 4 is 22.2 Å². The van der Waals surface area contributed by atoms with Gasteiger partial charge in [-0.1, -0.05) is 17.8 Å². The van der Waals surface area contributed by atoms with Crippen molar-refractivity contribution in [3.63, 3.8) is 0 Å². The summed E-state index contributed by atoms with van der Waals surface area (Å²) >= 11 is 0.980. The molecule has 6 heteroatoms. The second-order valence-corrected chi connectivity index (χ2v) is 4.83. The quantitative estimate of drug-likeness (QED) is 0.647. The molecule has 1 amide bonds. The van der Waals surface area contributed by atoms with Gasteiger partial charge in [0.05, 0.1) is 10.5 Å². The molecule has 16 heavy (non-hydrogen) atoms. The number of thiophene rings is 1. The largest absolute Gasteiger partial charge is 0.352 e. The van der Waals surface area contributed by atoms with Crippen LogP contribution in [0.2, 0.25) is 0 Å². The Balaban J connectivity index is 1.89. The maximum Gasteiger partial charge on any atom is 0.324 e. The summed E-state index contributed by atoms with van der Waals surface area (Å²) in [6.07, 6.45) is 3.58. The Morgan fingerprint density at radius 1 is 1.62 bits per heavy atom. The van der Waals surface area contributed by atoms with E-state index in [0.29, 0.717) is 18.0 Å². The SMILES string of the molecule is O=C(NCC1CCC1)c1csc([N+](=O)[O-])c1. The van der Waals surface area contributed by atoms with Crippen LogP contribution in [0, 0.1) is 16.0 Å². The standard InChI is InChI=1S/C10H12N2O3S/c13-10(11-5-7-2-1-3-7)8-4-9(12(14)15)16-6-8/h4,6-7H,1-3,5H2,(H,11,13). The minimum atomic E-state index is -0.479. The molecule has 2 rings (SSSR count). The van der Waals surface area contributed by atoms with E-state index >= 15 is 0 Å². The highest BCUT2D eigenvalue weighted by Gasteiger charge is 2.19. The molecule has 0 unspecified atom stereocenters. The highest BCUT2D eigenvalue weighted by Crippen LogP contribution is 2.26. The second kappa shape index (κ2) is 4.61.